The molecule has 15 heavy (non-hydrogen) atoms. The topological polar surface area (TPSA) is 47.6 Å². The minimum atomic E-state index is 0.231. The number of rotatable bonds is 5. The minimum absolute atomic E-state index is 0.231. The standard InChI is InChI=1S/C11H13ClN2O/c1-2-7-15-10-5-3-9(4-6-10)14-11(13)8-12/h2-6H,1,7-8H2,(H2,13,14). The third-order valence-electron chi connectivity index (χ3n) is 1.61. The van der Waals surface area contributed by atoms with E-state index in [4.69, 9.17) is 22.1 Å². The Balaban J connectivity index is 2.67. The highest BCUT2D eigenvalue weighted by Gasteiger charge is 1.94. The van der Waals surface area contributed by atoms with Crippen LogP contribution in [0.25, 0.3) is 0 Å². The van der Waals surface area contributed by atoms with Gasteiger partial charge < -0.3 is 10.5 Å². The van der Waals surface area contributed by atoms with Gasteiger partial charge in [0.15, 0.2) is 0 Å². The Bertz CT molecular complexity index is 346. The zero-order valence-electron chi connectivity index (χ0n) is 8.32. The third-order valence-corrected chi connectivity index (χ3v) is 1.89. The summed E-state index contributed by atoms with van der Waals surface area (Å²) in [5, 5.41) is 0. The monoisotopic (exact) mass is 224 g/mol. The molecule has 0 saturated heterocycles. The molecule has 0 heterocycles. The summed E-state index contributed by atoms with van der Waals surface area (Å²) < 4.78 is 5.32. The molecule has 80 valence electrons. The van der Waals surface area contributed by atoms with Gasteiger partial charge in [0.1, 0.15) is 18.2 Å². The van der Waals surface area contributed by atoms with Crippen LogP contribution in [0.3, 0.4) is 0 Å². The van der Waals surface area contributed by atoms with E-state index in [0.717, 1.165) is 11.4 Å². The SMILES string of the molecule is C=CCOc1ccc(N=C(N)CCl)cc1. The van der Waals surface area contributed by atoms with Crippen LogP contribution in [-0.2, 0) is 0 Å². The number of hydrogen-bond donors (Lipinski definition) is 1. The molecule has 0 saturated carbocycles. The second-order valence-electron chi connectivity index (χ2n) is 2.83. The number of hydrogen-bond acceptors (Lipinski definition) is 2. The molecule has 0 amide bonds. The minimum Gasteiger partial charge on any atom is -0.490 e. The average Bonchev–Trinajstić information content (AvgIpc) is 2.28. The highest BCUT2D eigenvalue weighted by atomic mass is 35.5. The summed E-state index contributed by atoms with van der Waals surface area (Å²) in [5.41, 5.74) is 6.26. The van der Waals surface area contributed by atoms with Crippen molar-refractivity contribution in [2.75, 3.05) is 12.5 Å². The van der Waals surface area contributed by atoms with Crippen molar-refractivity contribution in [3.8, 4) is 5.75 Å². The Morgan fingerprint density at radius 3 is 2.67 bits per heavy atom. The fraction of sp³-hybridized carbons (Fsp3) is 0.182. The van der Waals surface area contributed by atoms with Crippen LogP contribution in [-0.4, -0.2) is 18.3 Å². The van der Waals surface area contributed by atoms with Gasteiger partial charge in [-0.15, -0.1) is 11.6 Å². The molecular weight excluding hydrogens is 212 g/mol. The van der Waals surface area contributed by atoms with Gasteiger partial charge in [-0.3, -0.25) is 0 Å². The number of amidine groups is 1. The summed E-state index contributed by atoms with van der Waals surface area (Å²) in [6.07, 6.45) is 1.69. The Kier molecular flexibility index (Phi) is 4.71. The lowest BCUT2D eigenvalue weighted by Crippen LogP contribution is -2.12. The van der Waals surface area contributed by atoms with E-state index in [1.54, 1.807) is 6.08 Å². The van der Waals surface area contributed by atoms with Gasteiger partial charge in [0, 0.05) is 0 Å². The molecule has 3 nitrogen and oxygen atoms in total. The quantitative estimate of drug-likeness (QED) is 0.362. The van der Waals surface area contributed by atoms with Gasteiger partial charge in [-0.05, 0) is 24.3 Å². The number of nitrogens with two attached hydrogens (primary N) is 1. The lowest BCUT2D eigenvalue weighted by molar-refractivity contribution is 0.363. The highest BCUT2D eigenvalue weighted by molar-refractivity contribution is 6.28. The van der Waals surface area contributed by atoms with E-state index >= 15 is 0 Å². The molecule has 0 bridgehead atoms. The van der Waals surface area contributed by atoms with Crippen molar-refractivity contribution in [1.29, 1.82) is 0 Å². The van der Waals surface area contributed by atoms with Crippen molar-refractivity contribution in [2.45, 2.75) is 0 Å². The van der Waals surface area contributed by atoms with Crippen LogP contribution in [0.4, 0.5) is 5.69 Å². The molecule has 4 heteroatoms. The molecule has 0 unspecified atom stereocenters. The van der Waals surface area contributed by atoms with Gasteiger partial charge in [0.25, 0.3) is 0 Å². The largest absolute Gasteiger partial charge is 0.490 e. The predicted octanol–water partition coefficient (Wildman–Crippen LogP) is 2.48. The summed E-state index contributed by atoms with van der Waals surface area (Å²) >= 11 is 5.51. The highest BCUT2D eigenvalue weighted by Crippen LogP contribution is 2.17. The van der Waals surface area contributed by atoms with Gasteiger partial charge in [-0.2, -0.15) is 0 Å². The molecule has 1 aromatic carbocycles. The van der Waals surface area contributed by atoms with E-state index in [9.17, 15) is 0 Å². The average molecular weight is 225 g/mol. The van der Waals surface area contributed by atoms with Gasteiger partial charge in [-0.25, -0.2) is 4.99 Å². The van der Waals surface area contributed by atoms with Crippen molar-refractivity contribution >= 4 is 23.1 Å². The van der Waals surface area contributed by atoms with Crippen LogP contribution < -0.4 is 10.5 Å². The fourth-order valence-corrected chi connectivity index (χ4v) is 1.03. The van der Waals surface area contributed by atoms with E-state index in [0.29, 0.717) is 12.4 Å². The van der Waals surface area contributed by atoms with Crippen LogP contribution >= 0.6 is 11.6 Å². The van der Waals surface area contributed by atoms with Crippen LogP contribution in [0.1, 0.15) is 0 Å². The molecule has 0 spiro atoms. The summed E-state index contributed by atoms with van der Waals surface area (Å²) in [6, 6.07) is 7.28. The molecule has 0 fully saturated rings. The molecule has 0 aromatic heterocycles. The molecular formula is C11H13ClN2O. The molecule has 1 aromatic rings. The van der Waals surface area contributed by atoms with Crippen LogP contribution in [0, 0.1) is 0 Å². The molecule has 0 radical (unpaired) electrons. The lowest BCUT2D eigenvalue weighted by atomic mass is 10.3. The number of ether oxygens (including phenoxy) is 1. The molecule has 0 aliphatic carbocycles. The van der Waals surface area contributed by atoms with Gasteiger partial charge in [-0.1, -0.05) is 12.7 Å². The first kappa shape index (κ1) is 11.6. The number of aliphatic imine (C=N–C) groups is 1. The Morgan fingerprint density at radius 2 is 2.13 bits per heavy atom. The van der Waals surface area contributed by atoms with E-state index in [1.165, 1.54) is 0 Å². The van der Waals surface area contributed by atoms with E-state index in [-0.39, 0.29) is 5.88 Å². The molecule has 1 rings (SSSR count). The van der Waals surface area contributed by atoms with Crippen molar-refractivity contribution in [1.82, 2.24) is 0 Å². The lowest BCUT2D eigenvalue weighted by Gasteiger charge is -2.02. The van der Waals surface area contributed by atoms with Crippen molar-refractivity contribution in [2.24, 2.45) is 10.7 Å². The summed E-state index contributed by atoms with van der Waals surface area (Å²) in [6.45, 7) is 4.06. The third kappa shape index (κ3) is 4.04. The van der Waals surface area contributed by atoms with Gasteiger partial charge in [0.05, 0.1) is 11.6 Å². The molecule has 0 atom stereocenters. The number of benzene rings is 1. The maximum atomic E-state index is 5.51. The van der Waals surface area contributed by atoms with E-state index < -0.39 is 0 Å². The van der Waals surface area contributed by atoms with Gasteiger partial charge >= 0.3 is 0 Å². The normalized spacial score (nSPS) is 11.1. The summed E-state index contributed by atoms with van der Waals surface area (Å²) in [7, 11) is 0. The Labute approximate surface area is 94.2 Å². The van der Waals surface area contributed by atoms with Gasteiger partial charge in [0.2, 0.25) is 0 Å². The van der Waals surface area contributed by atoms with E-state index in [2.05, 4.69) is 11.6 Å². The smallest absolute Gasteiger partial charge is 0.119 e. The molecule has 0 aliphatic rings. The number of nitrogens with zero attached hydrogens (tertiary/aromatic N) is 1. The summed E-state index contributed by atoms with van der Waals surface area (Å²) in [5.74, 6) is 1.41. The maximum Gasteiger partial charge on any atom is 0.119 e. The Morgan fingerprint density at radius 1 is 1.47 bits per heavy atom. The molecule has 2 N–H and O–H groups in total. The van der Waals surface area contributed by atoms with Crippen molar-refractivity contribution < 1.29 is 4.74 Å². The molecule has 0 aliphatic heterocycles. The number of halogens is 1. The number of alkyl halides is 1. The second kappa shape index (κ2) is 6.09. The summed E-state index contributed by atoms with van der Waals surface area (Å²) in [4.78, 5) is 4.09. The van der Waals surface area contributed by atoms with Crippen LogP contribution in [0.15, 0.2) is 41.9 Å². The first-order valence-corrected chi connectivity index (χ1v) is 5.02. The van der Waals surface area contributed by atoms with E-state index in [1.807, 2.05) is 24.3 Å². The first-order valence-electron chi connectivity index (χ1n) is 4.49. The zero-order chi connectivity index (χ0) is 11.1. The fourth-order valence-electron chi connectivity index (χ4n) is 0.968. The second-order valence-corrected chi connectivity index (χ2v) is 3.10. The van der Waals surface area contributed by atoms with Crippen LogP contribution in [0.2, 0.25) is 0 Å². The Hall–Kier alpha value is -1.48. The zero-order valence-corrected chi connectivity index (χ0v) is 9.07. The first-order chi connectivity index (χ1) is 7.26. The van der Waals surface area contributed by atoms with Crippen molar-refractivity contribution in [3.63, 3.8) is 0 Å². The van der Waals surface area contributed by atoms with Crippen molar-refractivity contribution in [3.05, 3.63) is 36.9 Å². The predicted molar refractivity (Wildman–Crippen MR) is 64.1 cm³/mol. The van der Waals surface area contributed by atoms with Crippen LogP contribution in [0.5, 0.6) is 5.75 Å². The maximum absolute atomic E-state index is 5.51.